The summed E-state index contributed by atoms with van der Waals surface area (Å²) in [5.74, 6) is 0.135. The van der Waals surface area contributed by atoms with Crippen LogP contribution in [0.2, 0.25) is 0 Å². The third-order valence-electron chi connectivity index (χ3n) is 5.90. The monoisotopic (exact) mass is 518 g/mol. The number of nitrogens with one attached hydrogen (secondary N) is 1. The van der Waals surface area contributed by atoms with Gasteiger partial charge in [-0.05, 0) is 36.8 Å². The molecule has 0 bridgehead atoms. The van der Waals surface area contributed by atoms with Crippen molar-refractivity contribution in [2.24, 2.45) is 0 Å². The molecule has 3 aromatic heterocycles. The second-order valence-electron chi connectivity index (χ2n) is 8.29. The van der Waals surface area contributed by atoms with Gasteiger partial charge in [0.1, 0.15) is 9.84 Å². The molecule has 168 valence electrons. The lowest BCUT2D eigenvalue weighted by Gasteiger charge is -2.26. The topological polar surface area (TPSA) is 99.0 Å². The molecule has 0 amide bonds. The maximum Gasteiger partial charge on any atom is 0.326 e. The van der Waals surface area contributed by atoms with E-state index in [1.807, 2.05) is 18.2 Å². The molecule has 32 heavy (non-hydrogen) atoms. The zero-order valence-corrected chi connectivity index (χ0v) is 19.9. The highest BCUT2D eigenvalue weighted by atomic mass is 79.9. The van der Waals surface area contributed by atoms with Crippen LogP contribution < -0.4 is 5.69 Å². The molecule has 0 unspecified atom stereocenters. The van der Waals surface area contributed by atoms with Gasteiger partial charge in [-0.15, -0.1) is 0 Å². The summed E-state index contributed by atoms with van der Waals surface area (Å²) < 4.78 is 33.4. The summed E-state index contributed by atoms with van der Waals surface area (Å²) in [6, 6.07) is 10.1. The Morgan fingerprint density at radius 1 is 1.22 bits per heavy atom. The van der Waals surface area contributed by atoms with Crippen LogP contribution in [0.25, 0.3) is 21.9 Å². The highest BCUT2D eigenvalue weighted by molar-refractivity contribution is 9.10. The van der Waals surface area contributed by atoms with E-state index in [0.717, 1.165) is 37.8 Å². The number of hydrogen-bond donors (Lipinski definition) is 1. The number of nitrogens with zero attached hydrogens (tertiary/aromatic N) is 3. The zero-order valence-electron chi connectivity index (χ0n) is 17.5. The first-order valence-corrected chi connectivity index (χ1v) is 13.3. The fourth-order valence-corrected chi connectivity index (χ4v) is 5.37. The van der Waals surface area contributed by atoms with Crippen molar-refractivity contribution in [3.05, 3.63) is 62.9 Å². The molecule has 1 fully saturated rings. The Bertz CT molecular complexity index is 1480. The molecule has 10 heteroatoms. The Morgan fingerprint density at radius 3 is 2.75 bits per heavy atom. The molecule has 0 spiro atoms. The van der Waals surface area contributed by atoms with E-state index in [9.17, 15) is 13.2 Å². The highest BCUT2D eigenvalue weighted by Crippen LogP contribution is 2.28. The standard InChI is InChI=1S/C22H23BrN4O4S/c1-32(29,30)8-2-7-26-16(10-14-9-15(23)3-4-19(14)26)11-18-21-20(5-6-24-18)27(22(28)25-21)17-12-31-13-17/h3-6,9-10,17H,2,7-8,11-13H2,1H3,(H,25,28). The van der Waals surface area contributed by atoms with Crippen molar-refractivity contribution in [3.63, 3.8) is 0 Å². The lowest BCUT2D eigenvalue weighted by atomic mass is 10.1. The van der Waals surface area contributed by atoms with E-state index < -0.39 is 9.84 Å². The van der Waals surface area contributed by atoms with E-state index in [-0.39, 0.29) is 17.5 Å². The second kappa shape index (κ2) is 8.17. The normalized spacial score (nSPS) is 14.9. The summed E-state index contributed by atoms with van der Waals surface area (Å²) in [6.07, 6.45) is 4.04. The average Bonchev–Trinajstić information content (AvgIpc) is 3.18. The van der Waals surface area contributed by atoms with Crippen LogP contribution in [0.1, 0.15) is 23.9 Å². The molecule has 1 saturated heterocycles. The van der Waals surface area contributed by atoms with E-state index in [0.29, 0.717) is 32.6 Å². The number of halogens is 1. The van der Waals surface area contributed by atoms with Gasteiger partial charge >= 0.3 is 5.69 Å². The van der Waals surface area contributed by atoms with Crippen molar-refractivity contribution in [3.8, 4) is 0 Å². The number of aromatic nitrogens is 4. The van der Waals surface area contributed by atoms with Crippen molar-refractivity contribution in [1.82, 2.24) is 19.1 Å². The molecule has 0 atom stereocenters. The predicted octanol–water partition coefficient (Wildman–Crippen LogP) is 3.04. The summed E-state index contributed by atoms with van der Waals surface area (Å²) >= 11 is 3.53. The number of imidazole rings is 1. The number of sulfone groups is 1. The van der Waals surface area contributed by atoms with Gasteiger partial charge in [-0.3, -0.25) is 9.55 Å². The van der Waals surface area contributed by atoms with Gasteiger partial charge < -0.3 is 14.3 Å². The maximum absolute atomic E-state index is 12.6. The lowest BCUT2D eigenvalue weighted by Crippen LogP contribution is -2.36. The first kappa shape index (κ1) is 21.4. The first-order chi connectivity index (χ1) is 15.3. The molecule has 0 aliphatic carbocycles. The Hall–Kier alpha value is -2.43. The van der Waals surface area contributed by atoms with Crippen LogP contribution in [-0.2, 0) is 27.5 Å². The van der Waals surface area contributed by atoms with E-state index in [4.69, 9.17) is 4.74 Å². The van der Waals surface area contributed by atoms with Crippen LogP contribution in [-0.4, -0.2) is 52.7 Å². The van der Waals surface area contributed by atoms with Gasteiger partial charge in [0, 0.05) is 46.5 Å². The molecule has 4 aromatic rings. The molecule has 1 aliphatic rings. The molecule has 8 nitrogen and oxygen atoms in total. The smallest absolute Gasteiger partial charge is 0.326 e. The van der Waals surface area contributed by atoms with Crippen molar-refractivity contribution >= 4 is 47.7 Å². The van der Waals surface area contributed by atoms with E-state index in [1.165, 1.54) is 6.26 Å². The van der Waals surface area contributed by atoms with Crippen molar-refractivity contribution in [1.29, 1.82) is 0 Å². The highest BCUT2D eigenvalue weighted by Gasteiger charge is 2.25. The van der Waals surface area contributed by atoms with Gasteiger partial charge in [-0.1, -0.05) is 15.9 Å². The Labute approximate surface area is 193 Å². The Balaban J connectivity index is 1.55. The lowest BCUT2D eigenvalue weighted by molar-refractivity contribution is -0.0228. The van der Waals surface area contributed by atoms with Crippen LogP contribution in [0.5, 0.6) is 0 Å². The first-order valence-electron chi connectivity index (χ1n) is 10.4. The molecule has 0 radical (unpaired) electrons. The zero-order chi connectivity index (χ0) is 22.5. The molecule has 1 N–H and O–H groups in total. The number of pyridine rings is 1. The van der Waals surface area contributed by atoms with Gasteiger partial charge in [-0.25, -0.2) is 13.2 Å². The molecular formula is C22H23BrN4O4S. The van der Waals surface area contributed by atoms with Crippen molar-refractivity contribution in [2.45, 2.75) is 25.4 Å². The van der Waals surface area contributed by atoms with Gasteiger partial charge in [0.25, 0.3) is 0 Å². The minimum absolute atomic E-state index is 0.0475. The van der Waals surface area contributed by atoms with Crippen LogP contribution in [0, 0.1) is 0 Å². The van der Waals surface area contributed by atoms with Crippen LogP contribution >= 0.6 is 15.9 Å². The van der Waals surface area contributed by atoms with E-state index >= 15 is 0 Å². The van der Waals surface area contributed by atoms with E-state index in [1.54, 1.807) is 10.8 Å². The predicted molar refractivity (Wildman–Crippen MR) is 127 cm³/mol. The van der Waals surface area contributed by atoms with Gasteiger partial charge in [0.15, 0.2) is 0 Å². The fourth-order valence-electron chi connectivity index (χ4n) is 4.34. The SMILES string of the molecule is CS(=O)(=O)CCCn1c(Cc2nccc3c2[nH]c(=O)n3C2COC2)cc2cc(Br)ccc21. The summed E-state index contributed by atoms with van der Waals surface area (Å²) in [4.78, 5) is 20.2. The number of fused-ring (bicyclic) bond motifs is 2. The summed E-state index contributed by atoms with van der Waals surface area (Å²) in [5.41, 5.74) is 4.26. The number of hydrogen-bond acceptors (Lipinski definition) is 5. The molecule has 5 rings (SSSR count). The summed E-state index contributed by atoms with van der Waals surface area (Å²) in [5, 5.41) is 1.07. The maximum atomic E-state index is 12.6. The van der Waals surface area contributed by atoms with Crippen LogP contribution in [0.3, 0.4) is 0 Å². The van der Waals surface area contributed by atoms with Gasteiger partial charge in [0.2, 0.25) is 0 Å². The molecular weight excluding hydrogens is 496 g/mol. The Morgan fingerprint density at radius 2 is 2.03 bits per heavy atom. The number of ether oxygens (including phenoxy) is 1. The molecule has 0 saturated carbocycles. The van der Waals surface area contributed by atoms with Crippen molar-refractivity contribution in [2.75, 3.05) is 25.2 Å². The third-order valence-corrected chi connectivity index (χ3v) is 7.42. The van der Waals surface area contributed by atoms with Crippen LogP contribution in [0.4, 0.5) is 0 Å². The quantitative estimate of drug-likeness (QED) is 0.405. The van der Waals surface area contributed by atoms with Crippen LogP contribution in [0.15, 0.2) is 45.8 Å². The summed E-state index contributed by atoms with van der Waals surface area (Å²) in [6.45, 7) is 1.66. The largest absolute Gasteiger partial charge is 0.377 e. The van der Waals surface area contributed by atoms with E-state index in [2.05, 4.69) is 42.6 Å². The number of rotatable bonds is 7. The fraction of sp³-hybridized carbons (Fsp3) is 0.364. The number of benzene rings is 1. The molecule has 1 aromatic carbocycles. The minimum atomic E-state index is -3.03. The average molecular weight is 519 g/mol. The summed E-state index contributed by atoms with van der Waals surface area (Å²) in [7, 11) is -3.03. The Kier molecular flexibility index (Phi) is 5.47. The third kappa shape index (κ3) is 4.02. The van der Waals surface area contributed by atoms with Crippen molar-refractivity contribution < 1.29 is 13.2 Å². The molecule has 4 heterocycles. The number of aromatic amines is 1. The number of aryl methyl sites for hydroxylation is 1. The van der Waals surface area contributed by atoms with Gasteiger partial charge in [-0.2, -0.15) is 0 Å². The second-order valence-corrected chi connectivity index (χ2v) is 11.5. The minimum Gasteiger partial charge on any atom is -0.377 e. The molecule has 1 aliphatic heterocycles. The number of H-pyrrole nitrogens is 1. The van der Waals surface area contributed by atoms with Gasteiger partial charge in [0.05, 0.1) is 41.7 Å².